The van der Waals surface area contributed by atoms with Gasteiger partial charge in [0.2, 0.25) is 11.8 Å². The van der Waals surface area contributed by atoms with E-state index in [1.165, 1.54) is 0 Å². The minimum Gasteiger partial charge on any atom is -0.466 e. The van der Waals surface area contributed by atoms with Gasteiger partial charge in [-0.1, -0.05) is 23.7 Å². The number of hydrogen-bond acceptors (Lipinski definition) is 6. The fourth-order valence-electron chi connectivity index (χ4n) is 2.82. The predicted octanol–water partition coefficient (Wildman–Crippen LogP) is 2.39. The summed E-state index contributed by atoms with van der Waals surface area (Å²) in [5.41, 5.74) is 7.97. The molecule has 3 rings (SSSR count). The monoisotopic (exact) mass is 358 g/mol. The molecule has 128 valence electrons. The summed E-state index contributed by atoms with van der Waals surface area (Å²) in [5, 5.41) is 16.9. The number of ether oxygens (including phenoxy) is 2. The van der Waals surface area contributed by atoms with Crippen molar-refractivity contribution in [2.45, 2.75) is 19.3 Å². The Morgan fingerprint density at radius 1 is 1.56 bits per heavy atom. The maximum Gasteiger partial charge on any atom is 0.311 e. The summed E-state index contributed by atoms with van der Waals surface area (Å²) in [6.45, 7) is 2.01. The van der Waals surface area contributed by atoms with Crippen LogP contribution in [-0.4, -0.2) is 22.8 Å². The SMILES string of the molecule is CCOC(=O)Cc1[nH]nc2c1[C@H](c1cccc(Cl)c1)C(C#N)=C(N)O2. The van der Waals surface area contributed by atoms with Crippen LogP contribution in [0.3, 0.4) is 0 Å². The van der Waals surface area contributed by atoms with Crippen LogP contribution in [0.25, 0.3) is 0 Å². The zero-order valence-corrected chi connectivity index (χ0v) is 14.1. The Balaban J connectivity index is 2.12. The number of nitrogens with two attached hydrogens (primary N) is 1. The molecule has 1 aromatic carbocycles. The summed E-state index contributed by atoms with van der Waals surface area (Å²) in [6, 6.07) is 9.18. The molecular weight excluding hydrogens is 344 g/mol. The quantitative estimate of drug-likeness (QED) is 0.811. The topological polar surface area (TPSA) is 114 Å². The highest BCUT2D eigenvalue weighted by atomic mass is 35.5. The van der Waals surface area contributed by atoms with Gasteiger partial charge >= 0.3 is 5.97 Å². The highest BCUT2D eigenvalue weighted by Gasteiger charge is 2.35. The number of carbonyl (C=O) groups excluding carboxylic acids is 1. The molecule has 7 nitrogen and oxygen atoms in total. The van der Waals surface area contributed by atoms with Crippen LogP contribution < -0.4 is 10.5 Å². The molecule has 1 aliphatic rings. The van der Waals surface area contributed by atoms with Crippen LogP contribution in [0.4, 0.5) is 0 Å². The molecule has 0 fully saturated rings. The van der Waals surface area contributed by atoms with Gasteiger partial charge in [0.1, 0.15) is 11.6 Å². The van der Waals surface area contributed by atoms with Crippen molar-refractivity contribution in [1.82, 2.24) is 10.2 Å². The number of fused-ring (bicyclic) bond motifs is 1. The highest BCUT2D eigenvalue weighted by Crippen LogP contribution is 2.43. The van der Waals surface area contributed by atoms with Crippen molar-refractivity contribution < 1.29 is 14.3 Å². The lowest BCUT2D eigenvalue weighted by atomic mass is 9.83. The standard InChI is InChI=1S/C17H15ClN4O3/c1-2-24-13(23)7-12-15-14(9-4-3-5-10(18)6-9)11(8-19)16(20)25-17(15)22-21-12/h3-6,14H,2,7,20H2,1H3,(H,21,22)/t14-/m1/s1. The number of allylic oxidation sites excluding steroid dienone is 1. The van der Waals surface area contributed by atoms with E-state index in [-0.39, 0.29) is 30.4 Å². The number of esters is 1. The molecule has 0 saturated heterocycles. The number of rotatable bonds is 4. The maximum atomic E-state index is 11.9. The lowest BCUT2D eigenvalue weighted by Gasteiger charge is -2.24. The van der Waals surface area contributed by atoms with E-state index in [2.05, 4.69) is 16.3 Å². The second-order valence-electron chi connectivity index (χ2n) is 5.38. The molecule has 8 heteroatoms. The molecule has 0 amide bonds. The molecule has 25 heavy (non-hydrogen) atoms. The summed E-state index contributed by atoms with van der Waals surface area (Å²) < 4.78 is 10.4. The minimum atomic E-state index is -0.532. The lowest BCUT2D eigenvalue weighted by Crippen LogP contribution is -2.22. The molecule has 0 saturated carbocycles. The van der Waals surface area contributed by atoms with E-state index in [1.54, 1.807) is 25.1 Å². The molecular formula is C17H15ClN4O3. The van der Waals surface area contributed by atoms with Crippen molar-refractivity contribution >= 4 is 17.6 Å². The Morgan fingerprint density at radius 3 is 3.04 bits per heavy atom. The van der Waals surface area contributed by atoms with Crippen LogP contribution in [-0.2, 0) is 16.0 Å². The van der Waals surface area contributed by atoms with Crippen molar-refractivity contribution in [1.29, 1.82) is 5.26 Å². The molecule has 2 heterocycles. The number of nitrogens with zero attached hydrogens (tertiary/aromatic N) is 2. The Labute approximate surface area is 149 Å². The Hall–Kier alpha value is -2.98. The van der Waals surface area contributed by atoms with Crippen LogP contribution in [0.1, 0.15) is 29.7 Å². The number of nitriles is 1. The van der Waals surface area contributed by atoms with Gasteiger partial charge in [-0.2, -0.15) is 5.26 Å². The van der Waals surface area contributed by atoms with Crippen molar-refractivity contribution in [2.75, 3.05) is 6.61 Å². The Morgan fingerprint density at radius 2 is 2.36 bits per heavy atom. The average Bonchev–Trinajstić information content (AvgIpc) is 2.96. The molecule has 3 N–H and O–H groups in total. The first-order valence-electron chi connectivity index (χ1n) is 7.61. The highest BCUT2D eigenvalue weighted by molar-refractivity contribution is 6.30. The first kappa shape index (κ1) is 16.9. The van der Waals surface area contributed by atoms with Gasteiger partial charge in [-0.25, -0.2) is 0 Å². The maximum absolute atomic E-state index is 11.9. The van der Waals surface area contributed by atoms with Crippen LogP contribution in [0.5, 0.6) is 5.88 Å². The number of benzene rings is 1. The fraction of sp³-hybridized carbons (Fsp3) is 0.235. The molecule has 0 spiro atoms. The number of hydrogen-bond donors (Lipinski definition) is 2. The molecule has 0 aliphatic carbocycles. The fourth-order valence-corrected chi connectivity index (χ4v) is 3.02. The molecule has 2 aromatic rings. The van der Waals surface area contributed by atoms with Crippen LogP contribution in [0.15, 0.2) is 35.7 Å². The third kappa shape index (κ3) is 3.16. The lowest BCUT2D eigenvalue weighted by molar-refractivity contribution is -0.142. The third-order valence-corrected chi connectivity index (χ3v) is 4.06. The second-order valence-corrected chi connectivity index (χ2v) is 5.82. The van der Waals surface area contributed by atoms with Gasteiger partial charge in [0.25, 0.3) is 0 Å². The average molecular weight is 359 g/mol. The molecule has 0 bridgehead atoms. The van der Waals surface area contributed by atoms with E-state index in [9.17, 15) is 10.1 Å². The second kappa shape index (κ2) is 6.87. The van der Waals surface area contributed by atoms with Gasteiger partial charge in [0, 0.05) is 5.02 Å². The predicted molar refractivity (Wildman–Crippen MR) is 89.7 cm³/mol. The normalized spacial score (nSPS) is 16.0. The first-order valence-corrected chi connectivity index (χ1v) is 7.98. The van der Waals surface area contributed by atoms with Gasteiger partial charge < -0.3 is 15.2 Å². The Bertz CT molecular complexity index is 898. The van der Waals surface area contributed by atoms with Gasteiger partial charge in [0.05, 0.1) is 30.2 Å². The zero-order valence-electron chi connectivity index (χ0n) is 13.4. The summed E-state index contributed by atoms with van der Waals surface area (Å²) in [7, 11) is 0. The summed E-state index contributed by atoms with van der Waals surface area (Å²) in [6.07, 6.45) is -0.0186. The minimum absolute atomic E-state index is 0.0186. The van der Waals surface area contributed by atoms with Crippen molar-refractivity contribution in [3.8, 4) is 11.9 Å². The van der Waals surface area contributed by atoms with E-state index >= 15 is 0 Å². The van der Waals surface area contributed by atoms with E-state index in [0.29, 0.717) is 16.3 Å². The van der Waals surface area contributed by atoms with Gasteiger partial charge in [-0.05, 0) is 24.6 Å². The van der Waals surface area contributed by atoms with Crippen LogP contribution in [0, 0.1) is 11.3 Å². The largest absolute Gasteiger partial charge is 0.466 e. The number of nitrogens with one attached hydrogen (secondary N) is 1. The zero-order chi connectivity index (χ0) is 18.0. The van der Waals surface area contributed by atoms with Gasteiger partial charge in [-0.15, -0.1) is 5.10 Å². The van der Waals surface area contributed by atoms with Crippen molar-refractivity contribution in [3.63, 3.8) is 0 Å². The molecule has 0 unspecified atom stereocenters. The summed E-state index contributed by atoms with van der Waals surface area (Å²) in [5.74, 6) is -0.717. The summed E-state index contributed by atoms with van der Waals surface area (Å²) in [4.78, 5) is 11.9. The van der Waals surface area contributed by atoms with Crippen molar-refractivity contribution in [3.05, 3.63) is 57.6 Å². The Kier molecular flexibility index (Phi) is 4.63. The van der Waals surface area contributed by atoms with Crippen LogP contribution >= 0.6 is 11.6 Å². The number of H-pyrrole nitrogens is 1. The first-order chi connectivity index (χ1) is 12.0. The number of halogens is 1. The molecule has 1 aliphatic heterocycles. The van der Waals surface area contributed by atoms with E-state index in [0.717, 1.165) is 5.56 Å². The van der Waals surface area contributed by atoms with E-state index < -0.39 is 11.9 Å². The number of aromatic amines is 1. The number of aromatic nitrogens is 2. The van der Waals surface area contributed by atoms with Crippen molar-refractivity contribution in [2.24, 2.45) is 5.73 Å². The smallest absolute Gasteiger partial charge is 0.311 e. The van der Waals surface area contributed by atoms with E-state index in [4.69, 9.17) is 26.8 Å². The van der Waals surface area contributed by atoms with Gasteiger partial charge in [-0.3, -0.25) is 9.89 Å². The molecule has 0 radical (unpaired) electrons. The third-order valence-electron chi connectivity index (χ3n) is 3.83. The van der Waals surface area contributed by atoms with E-state index in [1.807, 2.05) is 6.07 Å². The van der Waals surface area contributed by atoms with Crippen LogP contribution in [0.2, 0.25) is 5.02 Å². The molecule has 1 atom stereocenters. The molecule has 1 aromatic heterocycles. The number of carbonyl (C=O) groups is 1. The summed E-state index contributed by atoms with van der Waals surface area (Å²) >= 11 is 6.10. The van der Waals surface area contributed by atoms with Gasteiger partial charge in [0.15, 0.2) is 0 Å².